The molecular formula is C26H32NOS+. The van der Waals surface area contributed by atoms with Crippen LogP contribution >= 0.6 is 0 Å². The van der Waals surface area contributed by atoms with Crippen molar-refractivity contribution < 1.29 is 5.11 Å². The molecule has 29 heavy (non-hydrogen) atoms. The van der Waals surface area contributed by atoms with Crippen LogP contribution in [-0.4, -0.2) is 29.2 Å². The molecule has 0 aliphatic rings. The molecule has 0 radical (unpaired) electrons. The molecule has 0 aliphatic carbocycles. The van der Waals surface area contributed by atoms with Gasteiger partial charge in [0.05, 0.1) is 17.5 Å². The summed E-state index contributed by atoms with van der Waals surface area (Å²) in [6.45, 7) is 6.46. The minimum absolute atomic E-state index is 0.126. The van der Waals surface area contributed by atoms with Gasteiger partial charge >= 0.3 is 0 Å². The van der Waals surface area contributed by atoms with Crippen LogP contribution in [0.15, 0.2) is 99.6 Å². The number of nitrogens with zero attached hydrogens (tertiary/aromatic N) is 1. The van der Waals surface area contributed by atoms with Gasteiger partial charge in [0.15, 0.2) is 14.7 Å². The number of hydrogen-bond donors (Lipinski definition) is 1. The van der Waals surface area contributed by atoms with E-state index < -0.39 is 0 Å². The number of rotatable bonds is 10. The largest absolute Gasteiger partial charge is 0.395 e. The molecule has 152 valence electrons. The second-order valence-electron chi connectivity index (χ2n) is 7.29. The first-order valence-electron chi connectivity index (χ1n) is 10.5. The minimum atomic E-state index is -0.126. The van der Waals surface area contributed by atoms with Gasteiger partial charge in [-0.3, -0.25) is 4.90 Å². The van der Waals surface area contributed by atoms with Crippen LogP contribution in [-0.2, 0) is 17.4 Å². The summed E-state index contributed by atoms with van der Waals surface area (Å²) in [7, 11) is -0.126. The molecule has 0 aromatic heterocycles. The summed E-state index contributed by atoms with van der Waals surface area (Å²) < 4.78 is 0. The summed E-state index contributed by atoms with van der Waals surface area (Å²) in [5.74, 6) is 0. The molecule has 0 amide bonds. The van der Waals surface area contributed by atoms with E-state index in [1.165, 1.54) is 20.2 Å². The monoisotopic (exact) mass is 406 g/mol. The maximum Gasteiger partial charge on any atom is 0.166 e. The van der Waals surface area contributed by atoms with Gasteiger partial charge in [-0.05, 0) is 61.3 Å². The van der Waals surface area contributed by atoms with Crippen LogP contribution in [0.5, 0.6) is 0 Å². The third-order valence-corrected chi connectivity index (χ3v) is 7.40. The Hall–Kier alpha value is -2.07. The molecule has 1 atom stereocenters. The van der Waals surface area contributed by atoms with Crippen molar-refractivity contribution in [3.63, 3.8) is 0 Å². The molecule has 0 saturated carbocycles. The van der Waals surface area contributed by atoms with Crippen LogP contribution in [0, 0.1) is 0 Å². The zero-order valence-corrected chi connectivity index (χ0v) is 18.3. The van der Waals surface area contributed by atoms with E-state index in [4.69, 9.17) is 0 Å². The van der Waals surface area contributed by atoms with Crippen molar-refractivity contribution in [2.24, 2.45) is 0 Å². The Morgan fingerprint density at radius 3 is 1.90 bits per heavy atom. The zero-order valence-electron chi connectivity index (χ0n) is 17.5. The van der Waals surface area contributed by atoms with E-state index in [1.54, 1.807) is 0 Å². The van der Waals surface area contributed by atoms with Gasteiger partial charge in [-0.1, -0.05) is 62.4 Å². The van der Waals surface area contributed by atoms with Gasteiger partial charge in [0, 0.05) is 12.6 Å². The van der Waals surface area contributed by atoms with Crippen molar-refractivity contribution in [2.75, 3.05) is 13.2 Å². The molecule has 3 aromatic carbocycles. The van der Waals surface area contributed by atoms with Crippen LogP contribution in [0.25, 0.3) is 0 Å². The summed E-state index contributed by atoms with van der Waals surface area (Å²) in [6, 6.07) is 30.8. The molecule has 0 spiro atoms. The van der Waals surface area contributed by atoms with Crippen LogP contribution in [0.2, 0.25) is 0 Å². The quantitative estimate of drug-likeness (QED) is 0.432. The second-order valence-corrected chi connectivity index (χ2v) is 9.32. The SMILES string of the molecule is CCCN(Cc1cccc([S+](c2ccccc2)c2ccccc2)c1)C(CC)CO. The summed E-state index contributed by atoms with van der Waals surface area (Å²) in [5.41, 5.74) is 1.31. The van der Waals surface area contributed by atoms with Gasteiger partial charge in [0.1, 0.15) is 0 Å². The van der Waals surface area contributed by atoms with E-state index >= 15 is 0 Å². The molecule has 0 aliphatic heterocycles. The van der Waals surface area contributed by atoms with Crippen LogP contribution in [0.1, 0.15) is 32.3 Å². The van der Waals surface area contributed by atoms with Gasteiger partial charge in [-0.15, -0.1) is 0 Å². The van der Waals surface area contributed by atoms with E-state index in [0.717, 1.165) is 25.9 Å². The van der Waals surface area contributed by atoms with E-state index in [2.05, 4.69) is 104 Å². The standard InChI is InChI=1S/C26H32NOS/c1-3-18-27(23(4-2)21-28)20-22-12-11-17-26(19-22)29(24-13-7-5-8-14-24)25-15-9-6-10-16-25/h5-17,19,23,28H,3-4,18,20-21H2,1-2H3/q+1. The van der Waals surface area contributed by atoms with Crippen LogP contribution in [0.4, 0.5) is 0 Å². The molecule has 3 rings (SSSR count). The third kappa shape index (κ3) is 5.72. The Bertz CT molecular complexity index is 809. The maximum atomic E-state index is 9.80. The van der Waals surface area contributed by atoms with E-state index in [0.29, 0.717) is 0 Å². The smallest absolute Gasteiger partial charge is 0.166 e. The number of aliphatic hydroxyl groups is 1. The number of aliphatic hydroxyl groups excluding tert-OH is 1. The molecular weight excluding hydrogens is 374 g/mol. The van der Waals surface area contributed by atoms with Crippen molar-refractivity contribution in [2.45, 2.75) is 54.0 Å². The van der Waals surface area contributed by atoms with Crippen LogP contribution < -0.4 is 0 Å². The van der Waals surface area contributed by atoms with Crippen LogP contribution in [0.3, 0.4) is 0 Å². The topological polar surface area (TPSA) is 23.5 Å². The molecule has 3 heteroatoms. The van der Waals surface area contributed by atoms with Crippen molar-refractivity contribution in [1.82, 2.24) is 4.90 Å². The Labute approximate surface area is 178 Å². The summed E-state index contributed by atoms with van der Waals surface area (Å²) >= 11 is 0. The first kappa shape index (κ1) is 21.6. The lowest BCUT2D eigenvalue weighted by Gasteiger charge is -2.29. The summed E-state index contributed by atoms with van der Waals surface area (Å²) in [5, 5.41) is 9.80. The summed E-state index contributed by atoms with van der Waals surface area (Å²) in [6.07, 6.45) is 2.06. The fourth-order valence-electron chi connectivity index (χ4n) is 3.71. The van der Waals surface area contributed by atoms with E-state index in [9.17, 15) is 5.11 Å². The Morgan fingerprint density at radius 2 is 1.38 bits per heavy atom. The molecule has 1 unspecified atom stereocenters. The second kappa shape index (κ2) is 11.2. The molecule has 0 fully saturated rings. The van der Waals surface area contributed by atoms with Gasteiger partial charge in [-0.25, -0.2) is 0 Å². The number of benzene rings is 3. The predicted octanol–water partition coefficient (Wildman–Crippen LogP) is 5.76. The maximum absolute atomic E-state index is 9.80. The van der Waals surface area contributed by atoms with Gasteiger partial charge in [0.25, 0.3) is 0 Å². The molecule has 3 aromatic rings. The fourth-order valence-corrected chi connectivity index (χ4v) is 5.87. The van der Waals surface area contributed by atoms with Gasteiger partial charge in [0.2, 0.25) is 0 Å². The minimum Gasteiger partial charge on any atom is -0.395 e. The highest BCUT2D eigenvalue weighted by molar-refractivity contribution is 7.97. The van der Waals surface area contributed by atoms with Gasteiger partial charge in [-0.2, -0.15) is 0 Å². The van der Waals surface area contributed by atoms with E-state index in [-0.39, 0.29) is 23.5 Å². The highest BCUT2D eigenvalue weighted by Gasteiger charge is 2.28. The van der Waals surface area contributed by atoms with Crippen molar-refractivity contribution >= 4 is 10.9 Å². The normalized spacial score (nSPS) is 12.4. The van der Waals surface area contributed by atoms with Crippen molar-refractivity contribution in [1.29, 1.82) is 0 Å². The average Bonchev–Trinajstić information content (AvgIpc) is 2.77. The lowest BCUT2D eigenvalue weighted by Crippen LogP contribution is -2.37. The molecule has 0 bridgehead atoms. The Balaban J connectivity index is 1.94. The molecule has 1 N–H and O–H groups in total. The highest BCUT2D eigenvalue weighted by atomic mass is 32.2. The molecule has 2 nitrogen and oxygen atoms in total. The predicted molar refractivity (Wildman–Crippen MR) is 123 cm³/mol. The molecule has 0 saturated heterocycles. The fraction of sp³-hybridized carbons (Fsp3) is 0.308. The third-order valence-electron chi connectivity index (χ3n) is 5.19. The van der Waals surface area contributed by atoms with E-state index in [1.807, 2.05) is 0 Å². The first-order chi connectivity index (χ1) is 14.3. The van der Waals surface area contributed by atoms with Crippen molar-refractivity contribution in [3.05, 3.63) is 90.5 Å². The zero-order chi connectivity index (χ0) is 20.5. The first-order valence-corrected chi connectivity index (χ1v) is 11.8. The number of hydrogen-bond acceptors (Lipinski definition) is 2. The highest BCUT2D eigenvalue weighted by Crippen LogP contribution is 2.31. The van der Waals surface area contributed by atoms with Crippen molar-refractivity contribution in [3.8, 4) is 0 Å². The Kier molecular flexibility index (Phi) is 8.36. The lowest BCUT2D eigenvalue weighted by molar-refractivity contribution is 0.113. The lowest BCUT2D eigenvalue weighted by atomic mass is 10.1. The molecule has 0 heterocycles. The summed E-state index contributed by atoms with van der Waals surface area (Å²) in [4.78, 5) is 6.43. The van der Waals surface area contributed by atoms with Gasteiger partial charge < -0.3 is 5.11 Å². The Morgan fingerprint density at radius 1 is 0.793 bits per heavy atom. The average molecular weight is 407 g/mol.